The van der Waals surface area contributed by atoms with Gasteiger partial charge in [-0.05, 0) is 67.7 Å². The van der Waals surface area contributed by atoms with Crippen LogP contribution in [-0.2, 0) is 0 Å². The molecule has 1 fully saturated rings. The van der Waals surface area contributed by atoms with Gasteiger partial charge in [0.05, 0.1) is 43.5 Å². The number of aryl methyl sites for hydroxylation is 1. The van der Waals surface area contributed by atoms with Crippen LogP contribution < -0.4 is 19.7 Å². The highest BCUT2D eigenvalue weighted by Gasteiger charge is 2.43. The van der Waals surface area contributed by atoms with Crippen molar-refractivity contribution in [2.75, 3.05) is 19.1 Å². The first kappa shape index (κ1) is 21.9. The summed E-state index contributed by atoms with van der Waals surface area (Å²) in [6.07, 6.45) is 5.45. The van der Waals surface area contributed by atoms with Gasteiger partial charge in [0.15, 0.2) is 5.11 Å². The molecule has 4 heterocycles. The molecule has 7 nitrogen and oxygen atoms in total. The number of hydrogen-bond acceptors (Lipinski definition) is 5. The van der Waals surface area contributed by atoms with Crippen molar-refractivity contribution in [2.45, 2.75) is 19.0 Å². The van der Waals surface area contributed by atoms with Gasteiger partial charge in [-0.3, -0.25) is 9.97 Å². The fourth-order valence-electron chi connectivity index (χ4n) is 4.53. The molecule has 4 aromatic rings. The van der Waals surface area contributed by atoms with Crippen molar-refractivity contribution >= 4 is 23.0 Å². The molecule has 0 radical (unpaired) electrons. The van der Waals surface area contributed by atoms with Gasteiger partial charge in [0.1, 0.15) is 17.5 Å². The van der Waals surface area contributed by atoms with Gasteiger partial charge in [0.2, 0.25) is 0 Å². The molecule has 1 aliphatic rings. The summed E-state index contributed by atoms with van der Waals surface area (Å²) in [7, 11) is 3.29. The van der Waals surface area contributed by atoms with Crippen molar-refractivity contribution in [1.29, 1.82) is 0 Å². The predicted octanol–water partition coefficient (Wildman–Crippen LogP) is 4.77. The number of methoxy groups -OCH3 is 2. The molecule has 0 spiro atoms. The van der Waals surface area contributed by atoms with E-state index in [0.717, 1.165) is 28.5 Å². The molecular weight excluding hydrogens is 446 g/mol. The zero-order chi connectivity index (χ0) is 23.7. The smallest absolute Gasteiger partial charge is 0.174 e. The number of aromatic nitrogens is 3. The van der Waals surface area contributed by atoms with E-state index in [9.17, 15) is 0 Å². The first-order valence-corrected chi connectivity index (χ1v) is 11.3. The quantitative estimate of drug-likeness (QED) is 0.407. The standard InChI is InChI=1S/C26H25N5O2S/c1-17-9-11-22(30(17)18-7-6-13-27-16-18)25-24(20-8-4-5-14-28-20)29-26(34)31(25)21-12-10-19(32-2)15-23(21)33-3/h4-16,24-25H,1-3H3,(H,29,34)/t24-,25+/m0/s1. The molecule has 3 aromatic heterocycles. The van der Waals surface area contributed by atoms with Gasteiger partial charge in [-0.1, -0.05) is 6.07 Å². The molecule has 8 heteroatoms. The van der Waals surface area contributed by atoms with Gasteiger partial charge in [0.25, 0.3) is 0 Å². The third-order valence-electron chi connectivity index (χ3n) is 6.06. The molecule has 1 aromatic carbocycles. The van der Waals surface area contributed by atoms with E-state index >= 15 is 0 Å². The lowest BCUT2D eigenvalue weighted by molar-refractivity contribution is 0.394. The van der Waals surface area contributed by atoms with Gasteiger partial charge >= 0.3 is 0 Å². The van der Waals surface area contributed by atoms with Crippen LogP contribution in [0.3, 0.4) is 0 Å². The van der Waals surface area contributed by atoms with Crippen LogP contribution in [0.5, 0.6) is 11.5 Å². The molecule has 2 atom stereocenters. The normalized spacial score (nSPS) is 17.5. The average Bonchev–Trinajstić information content (AvgIpc) is 3.43. The van der Waals surface area contributed by atoms with Crippen molar-refractivity contribution in [2.24, 2.45) is 0 Å². The zero-order valence-electron chi connectivity index (χ0n) is 19.2. The molecule has 1 saturated heterocycles. The monoisotopic (exact) mass is 471 g/mol. The summed E-state index contributed by atoms with van der Waals surface area (Å²) >= 11 is 5.89. The molecule has 0 unspecified atom stereocenters. The number of pyridine rings is 2. The van der Waals surface area contributed by atoms with Crippen molar-refractivity contribution in [3.8, 4) is 17.2 Å². The number of hydrogen-bond donors (Lipinski definition) is 1. The zero-order valence-corrected chi connectivity index (χ0v) is 20.0. The number of benzene rings is 1. The second kappa shape index (κ2) is 9.15. The highest BCUT2D eigenvalue weighted by atomic mass is 32.1. The van der Waals surface area contributed by atoms with Gasteiger partial charge in [0, 0.05) is 29.8 Å². The second-order valence-corrected chi connectivity index (χ2v) is 8.37. The Kier molecular flexibility index (Phi) is 5.90. The summed E-state index contributed by atoms with van der Waals surface area (Å²) in [5.74, 6) is 1.39. The lowest BCUT2D eigenvalue weighted by atomic mass is 10.0. The van der Waals surface area contributed by atoms with Crippen molar-refractivity contribution in [1.82, 2.24) is 19.9 Å². The van der Waals surface area contributed by atoms with E-state index in [1.165, 1.54) is 0 Å². The van der Waals surface area contributed by atoms with Crippen LogP contribution in [0.25, 0.3) is 5.69 Å². The largest absolute Gasteiger partial charge is 0.497 e. The predicted molar refractivity (Wildman–Crippen MR) is 136 cm³/mol. The maximum absolute atomic E-state index is 5.89. The van der Waals surface area contributed by atoms with Crippen molar-refractivity contribution < 1.29 is 9.47 Å². The molecule has 0 aliphatic carbocycles. The van der Waals surface area contributed by atoms with Gasteiger partial charge in [-0.2, -0.15) is 0 Å². The number of thiocarbonyl (C=S) groups is 1. The number of rotatable bonds is 6. The summed E-state index contributed by atoms with van der Waals surface area (Å²) in [5, 5.41) is 4.11. The molecule has 0 amide bonds. The topological polar surface area (TPSA) is 64.4 Å². The van der Waals surface area contributed by atoms with Crippen molar-refractivity contribution in [3.63, 3.8) is 0 Å². The first-order valence-electron chi connectivity index (χ1n) is 10.9. The Morgan fingerprint density at radius 1 is 0.971 bits per heavy atom. The van der Waals surface area contributed by atoms with E-state index in [1.807, 2.05) is 48.7 Å². The molecule has 172 valence electrons. The molecule has 1 aliphatic heterocycles. The Hall–Kier alpha value is -3.91. The molecule has 0 saturated carbocycles. The van der Waals surface area contributed by atoms with Gasteiger partial charge < -0.3 is 24.3 Å². The minimum atomic E-state index is -0.196. The maximum Gasteiger partial charge on any atom is 0.174 e. The van der Waals surface area contributed by atoms with Crippen LogP contribution >= 0.6 is 12.2 Å². The van der Waals surface area contributed by atoms with Crippen LogP contribution in [0.4, 0.5) is 5.69 Å². The fourth-order valence-corrected chi connectivity index (χ4v) is 4.87. The number of nitrogens with one attached hydrogen (secondary N) is 1. The third kappa shape index (κ3) is 3.76. The van der Waals surface area contributed by atoms with Crippen molar-refractivity contribution in [3.05, 3.63) is 96.3 Å². The number of nitrogens with zero attached hydrogens (tertiary/aromatic N) is 4. The molecular formula is C26H25N5O2S. The van der Waals surface area contributed by atoms with Gasteiger partial charge in [-0.15, -0.1) is 0 Å². The maximum atomic E-state index is 5.89. The van der Waals surface area contributed by atoms with Crippen LogP contribution in [-0.4, -0.2) is 33.9 Å². The first-order chi connectivity index (χ1) is 16.6. The second-order valence-electron chi connectivity index (χ2n) is 7.98. The Bertz CT molecular complexity index is 1310. The molecule has 34 heavy (non-hydrogen) atoms. The molecule has 1 N–H and O–H groups in total. The number of ether oxygens (including phenoxy) is 2. The number of anilines is 1. The molecule has 0 bridgehead atoms. The van der Waals surface area contributed by atoms with E-state index in [2.05, 4.69) is 49.9 Å². The highest BCUT2D eigenvalue weighted by Crippen LogP contribution is 2.46. The Morgan fingerprint density at radius 3 is 2.56 bits per heavy atom. The van der Waals surface area contributed by atoms with E-state index in [-0.39, 0.29) is 12.1 Å². The molecule has 5 rings (SSSR count). The lowest BCUT2D eigenvalue weighted by Gasteiger charge is -2.30. The SMILES string of the molecule is COc1ccc(N2C(=S)N[C@@H](c3ccccn3)[C@H]2c2ccc(C)n2-c2cccnc2)c(OC)c1. The summed E-state index contributed by atoms with van der Waals surface area (Å²) in [4.78, 5) is 11.1. The van der Waals surface area contributed by atoms with Crippen LogP contribution in [0, 0.1) is 6.92 Å². The van der Waals surface area contributed by atoms with Crippen LogP contribution in [0.15, 0.2) is 79.3 Å². The fraction of sp³-hybridized carbons (Fsp3) is 0.192. The van der Waals surface area contributed by atoms with E-state index in [4.69, 9.17) is 21.7 Å². The summed E-state index contributed by atoms with van der Waals surface area (Å²) < 4.78 is 13.4. The minimum absolute atomic E-state index is 0.176. The van der Waals surface area contributed by atoms with E-state index in [1.54, 1.807) is 26.6 Å². The third-order valence-corrected chi connectivity index (χ3v) is 6.37. The summed E-state index contributed by atoms with van der Waals surface area (Å²) in [5.41, 5.74) is 4.90. The van der Waals surface area contributed by atoms with Crippen LogP contribution in [0.2, 0.25) is 0 Å². The minimum Gasteiger partial charge on any atom is -0.497 e. The summed E-state index contributed by atoms with van der Waals surface area (Å²) in [6, 6.07) is 19.6. The van der Waals surface area contributed by atoms with E-state index in [0.29, 0.717) is 16.6 Å². The Balaban J connectivity index is 1.72. The van der Waals surface area contributed by atoms with Gasteiger partial charge in [-0.25, -0.2) is 0 Å². The Morgan fingerprint density at radius 2 is 1.85 bits per heavy atom. The van der Waals surface area contributed by atoms with Crippen LogP contribution in [0.1, 0.15) is 29.2 Å². The average molecular weight is 472 g/mol. The summed E-state index contributed by atoms with van der Waals surface area (Å²) in [6.45, 7) is 2.09. The Labute approximate surface area is 204 Å². The lowest BCUT2D eigenvalue weighted by Crippen LogP contribution is -2.30. The highest BCUT2D eigenvalue weighted by molar-refractivity contribution is 7.80. The van der Waals surface area contributed by atoms with E-state index < -0.39 is 0 Å².